The fourth-order valence-electron chi connectivity index (χ4n) is 3.54. The minimum absolute atomic E-state index is 0.0933. The van der Waals surface area contributed by atoms with E-state index in [1.165, 1.54) is 0 Å². The second-order valence-corrected chi connectivity index (χ2v) is 10.0. The molecule has 0 aliphatic rings. The maximum Gasteiger partial charge on any atom is 0.307 e. The van der Waals surface area contributed by atoms with Crippen LogP contribution in [0.2, 0.25) is 0 Å². The third-order valence-electron chi connectivity index (χ3n) is 5.28. The summed E-state index contributed by atoms with van der Waals surface area (Å²) < 4.78 is 12.1. The van der Waals surface area contributed by atoms with Gasteiger partial charge in [0.1, 0.15) is 11.5 Å². The molecule has 5 aromatic rings. The highest BCUT2D eigenvalue weighted by Gasteiger charge is 2.11. The quantitative estimate of drug-likeness (QED) is 0.218. The summed E-state index contributed by atoms with van der Waals surface area (Å²) in [5.41, 5.74) is 1.86. The molecular weight excluding hydrogens is 500 g/mol. The van der Waals surface area contributed by atoms with E-state index in [1.807, 2.05) is 72.8 Å². The van der Waals surface area contributed by atoms with Gasteiger partial charge < -0.3 is 19.7 Å². The van der Waals surface area contributed by atoms with E-state index in [0.29, 0.717) is 45.6 Å². The Kier molecular flexibility index (Phi) is 6.61. The fourth-order valence-corrected chi connectivity index (χ4v) is 5.05. The van der Waals surface area contributed by atoms with Crippen molar-refractivity contribution >= 4 is 22.7 Å². The minimum Gasteiger partial charge on any atom is -0.494 e. The zero-order valence-electron chi connectivity index (χ0n) is 18.7. The average Bonchev–Trinajstić information content (AvgIpc) is 3.35. The van der Waals surface area contributed by atoms with Crippen LogP contribution in [-0.2, 0) is 12.8 Å². The van der Waals surface area contributed by atoms with Gasteiger partial charge in [0.05, 0.1) is 9.75 Å². The molecule has 8 nitrogen and oxygen atoms in total. The summed E-state index contributed by atoms with van der Waals surface area (Å²) in [6.07, 6.45) is 0.876. The first-order valence-corrected chi connectivity index (χ1v) is 12.5. The number of para-hydroxylation sites is 2. The van der Waals surface area contributed by atoms with Crippen LogP contribution in [0.15, 0.2) is 82.4 Å². The van der Waals surface area contributed by atoms with Crippen LogP contribution in [0, 0.1) is 0 Å². The van der Waals surface area contributed by atoms with Crippen LogP contribution in [0.4, 0.5) is 0 Å². The molecule has 0 amide bonds. The van der Waals surface area contributed by atoms with Crippen molar-refractivity contribution in [2.24, 2.45) is 0 Å². The lowest BCUT2D eigenvalue weighted by Gasteiger charge is -2.13. The number of rotatable bonds is 8. The Morgan fingerprint density at radius 1 is 0.611 bits per heavy atom. The van der Waals surface area contributed by atoms with Crippen molar-refractivity contribution in [2.75, 3.05) is 0 Å². The zero-order chi connectivity index (χ0) is 25.1. The average molecular weight is 521 g/mol. The number of aromatic hydroxyl groups is 2. The highest BCUT2D eigenvalue weighted by atomic mass is 32.1. The van der Waals surface area contributed by atoms with E-state index in [0.717, 1.165) is 33.8 Å². The van der Waals surface area contributed by atoms with Gasteiger partial charge in [-0.3, -0.25) is 19.6 Å². The van der Waals surface area contributed by atoms with Gasteiger partial charge >= 0.3 is 9.75 Å². The number of hydrogen-bond acceptors (Lipinski definition) is 8. The van der Waals surface area contributed by atoms with Crippen LogP contribution in [-0.4, -0.2) is 20.2 Å². The van der Waals surface area contributed by atoms with Crippen LogP contribution in [0.1, 0.15) is 20.9 Å². The normalized spacial score (nSPS) is 10.9. The summed E-state index contributed by atoms with van der Waals surface area (Å²) in [4.78, 5) is 28.1. The Morgan fingerprint density at radius 3 is 1.33 bits per heavy atom. The molecule has 0 atom stereocenters. The maximum absolute atomic E-state index is 11.4. The number of ether oxygens (including phenoxy) is 2. The van der Waals surface area contributed by atoms with Crippen LogP contribution >= 0.6 is 22.7 Å². The second kappa shape index (κ2) is 10.1. The molecule has 10 heteroatoms. The topological polar surface area (TPSA) is 125 Å². The molecule has 0 bridgehead atoms. The predicted molar refractivity (Wildman–Crippen MR) is 138 cm³/mol. The monoisotopic (exact) mass is 520 g/mol. The molecular formula is C26H20N2O6S2. The van der Waals surface area contributed by atoms with Gasteiger partial charge in [-0.2, -0.15) is 0 Å². The summed E-state index contributed by atoms with van der Waals surface area (Å²) in [6, 6.07) is 22.1. The smallest absolute Gasteiger partial charge is 0.307 e. The van der Waals surface area contributed by atoms with E-state index in [2.05, 4.69) is 9.97 Å². The lowest BCUT2D eigenvalue weighted by Crippen LogP contribution is -1.92. The van der Waals surface area contributed by atoms with Crippen molar-refractivity contribution in [3.8, 4) is 34.8 Å². The van der Waals surface area contributed by atoms with E-state index in [9.17, 15) is 19.8 Å². The van der Waals surface area contributed by atoms with E-state index >= 15 is 0 Å². The Bertz CT molecular complexity index is 1480. The molecule has 2 heterocycles. The summed E-state index contributed by atoms with van der Waals surface area (Å²) in [5, 5.41) is 19.6. The number of thiazole rings is 2. The van der Waals surface area contributed by atoms with Crippen LogP contribution in [0.25, 0.3) is 0 Å². The number of aromatic amines is 2. The van der Waals surface area contributed by atoms with Gasteiger partial charge in [0, 0.05) is 12.8 Å². The van der Waals surface area contributed by atoms with Crippen molar-refractivity contribution in [1.29, 1.82) is 0 Å². The molecule has 0 spiro atoms. The standard InChI is InChI=1S/C26H20N2O6S2/c29-23-21(35-25(31)27-23)13-15-5-9-17(10-6-15)33-19-3-1-2-4-20(19)34-18-11-7-16(8-12-18)14-22-24(30)28-26(32)36-22/h1-12,29-30H,13-14H2,(H,27,31)(H,28,32). The third-order valence-corrected chi connectivity index (χ3v) is 7.02. The molecule has 36 heavy (non-hydrogen) atoms. The van der Waals surface area contributed by atoms with Crippen molar-refractivity contribution in [2.45, 2.75) is 12.8 Å². The van der Waals surface area contributed by atoms with Gasteiger partial charge in [0.15, 0.2) is 11.5 Å². The largest absolute Gasteiger partial charge is 0.494 e. The van der Waals surface area contributed by atoms with Gasteiger partial charge in [-0.1, -0.05) is 59.1 Å². The third kappa shape index (κ3) is 5.51. The Balaban J connectivity index is 1.26. The Labute approximate surface area is 212 Å². The molecule has 0 unspecified atom stereocenters. The second-order valence-electron chi connectivity index (χ2n) is 7.86. The van der Waals surface area contributed by atoms with E-state index in [1.54, 1.807) is 0 Å². The van der Waals surface area contributed by atoms with Crippen LogP contribution in [0.3, 0.4) is 0 Å². The molecule has 182 valence electrons. The summed E-state index contributed by atoms with van der Waals surface area (Å²) >= 11 is 1.98. The van der Waals surface area contributed by atoms with Crippen molar-refractivity contribution in [3.05, 3.63) is 113 Å². The van der Waals surface area contributed by atoms with Crippen molar-refractivity contribution < 1.29 is 19.7 Å². The maximum atomic E-state index is 11.4. The van der Waals surface area contributed by atoms with Gasteiger partial charge in [0.2, 0.25) is 11.8 Å². The number of H-pyrrole nitrogens is 2. The Hall–Kier alpha value is -4.28. The first kappa shape index (κ1) is 23.5. The highest BCUT2D eigenvalue weighted by molar-refractivity contribution is 7.09. The molecule has 0 fully saturated rings. The highest BCUT2D eigenvalue weighted by Crippen LogP contribution is 2.35. The van der Waals surface area contributed by atoms with Crippen LogP contribution < -0.4 is 19.2 Å². The summed E-state index contributed by atoms with van der Waals surface area (Å²) in [7, 11) is 0. The van der Waals surface area contributed by atoms with E-state index in [-0.39, 0.29) is 21.5 Å². The lowest BCUT2D eigenvalue weighted by atomic mass is 10.1. The number of benzene rings is 3. The number of nitrogens with one attached hydrogen (secondary N) is 2. The van der Waals surface area contributed by atoms with E-state index in [4.69, 9.17) is 9.47 Å². The molecule has 2 aromatic heterocycles. The van der Waals surface area contributed by atoms with Gasteiger partial charge in [0.25, 0.3) is 0 Å². The van der Waals surface area contributed by atoms with Gasteiger partial charge in [-0.15, -0.1) is 0 Å². The summed E-state index contributed by atoms with van der Waals surface area (Å²) in [6.45, 7) is 0. The molecule has 4 N–H and O–H groups in total. The minimum atomic E-state index is -0.285. The first-order chi connectivity index (χ1) is 17.4. The van der Waals surface area contributed by atoms with Crippen molar-refractivity contribution in [1.82, 2.24) is 9.97 Å². The van der Waals surface area contributed by atoms with Gasteiger partial charge in [-0.25, -0.2) is 0 Å². The van der Waals surface area contributed by atoms with Gasteiger partial charge in [-0.05, 0) is 47.5 Å². The molecule has 0 saturated carbocycles. The van der Waals surface area contributed by atoms with Crippen LogP contribution in [0.5, 0.6) is 34.8 Å². The molecule has 0 aliphatic carbocycles. The van der Waals surface area contributed by atoms with E-state index < -0.39 is 0 Å². The zero-order valence-corrected chi connectivity index (χ0v) is 20.3. The molecule has 3 aromatic carbocycles. The Morgan fingerprint density at radius 2 is 1.00 bits per heavy atom. The lowest BCUT2D eigenvalue weighted by molar-refractivity contribution is 0.418. The molecule has 0 radical (unpaired) electrons. The molecule has 0 aliphatic heterocycles. The summed E-state index contributed by atoms with van der Waals surface area (Å²) in [5.74, 6) is 2.12. The predicted octanol–water partition coefficient (Wildman–Crippen LogP) is 5.36. The fraction of sp³-hybridized carbons (Fsp3) is 0.0769. The molecule has 5 rings (SSSR count). The first-order valence-electron chi connectivity index (χ1n) is 10.9. The number of aromatic nitrogens is 2. The number of hydrogen-bond donors (Lipinski definition) is 4. The SMILES string of the molecule is O=c1[nH]c(O)c(Cc2ccc(Oc3ccccc3Oc3ccc(Cc4sc(=O)[nH]c4O)cc3)cc2)s1. The van der Waals surface area contributed by atoms with Crippen molar-refractivity contribution in [3.63, 3.8) is 0 Å². The molecule has 0 saturated heterocycles.